The number of amides is 1. The second-order valence-electron chi connectivity index (χ2n) is 8.60. The van der Waals surface area contributed by atoms with Crippen molar-refractivity contribution < 1.29 is 27.8 Å². The molecule has 1 atom stereocenters. The van der Waals surface area contributed by atoms with Crippen LogP contribution in [0.4, 0.5) is 24.5 Å². The van der Waals surface area contributed by atoms with Crippen LogP contribution in [0.2, 0.25) is 0 Å². The number of aryl methyl sites for hydroxylation is 1. The zero-order valence-electron chi connectivity index (χ0n) is 19.8. The molecule has 1 amide bonds. The van der Waals surface area contributed by atoms with Gasteiger partial charge in [0.05, 0.1) is 52.9 Å². The number of carbonyl (C=O) groups excluding carboxylic acids is 1. The molecule has 192 valence electrons. The Hall–Kier alpha value is -3.77. The van der Waals surface area contributed by atoms with Crippen LogP contribution in [0.1, 0.15) is 21.9 Å². The van der Waals surface area contributed by atoms with Gasteiger partial charge in [-0.05, 0) is 37.3 Å². The topological polar surface area (TPSA) is 100 Å². The molecule has 2 aromatic carbocycles. The highest BCUT2D eigenvalue weighted by Crippen LogP contribution is 2.43. The first-order valence-electron chi connectivity index (χ1n) is 11.3. The molecule has 1 aliphatic rings. The lowest BCUT2D eigenvalue weighted by Crippen LogP contribution is -2.34. The highest BCUT2D eigenvalue weighted by Gasteiger charge is 2.46. The molecule has 0 unspecified atom stereocenters. The summed E-state index contributed by atoms with van der Waals surface area (Å²) < 4.78 is 49.3. The fraction of sp³-hybridized carbons (Fsp3) is 0.280. The van der Waals surface area contributed by atoms with Crippen LogP contribution >= 0.6 is 11.3 Å². The minimum atomic E-state index is -3.01. The Balaban J connectivity index is 1.54. The predicted octanol–water partition coefficient (Wildman–Crippen LogP) is 4.67. The minimum absolute atomic E-state index is 0.00444. The van der Waals surface area contributed by atoms with Gasteiger partial charge in [0.25, 0.3) is 11.8 Å². The number of aromatic nitrogens is 3. The SMILES string of the molecule is COc1cccc(F)c1-c1nccc(C(=O)Nc2ccc3sc(C)nc3c2N2CC(F)(F)C[C@H]2CO)n1. The number of halogens is 3. The van der Waals surface area contributed by atoms with E-state index in [1.807, 2.05) is 0 Å². The maximum Gasteiger partial charge on any atom is 0.274 e. The summed E-state index contributed by atoms with van der Waals surface area (Å²) in [4.78, 5) is 27.5. The summed E-state index contributed by atoms with van der Waals surface area (Å²) in [5.41, 5.74) is 0.932. The summed E-state index contributed by atoms with van der Waals surface area (Å²) in [6, 6.07) is 8.13. The molecule has 2 aromatic heterocycles. The number of fused-ring (bicyclic) bond motifs is 1. The van der Waals surface area contributed by atoms with Crippen molar-refractivity contribution in [2.45, 2.75) is 25.3 Å². The van der Waals surface area contributed by atoms with Crippen molar-refractivity contribution in [2.24, 2.45) is 0 Å². The van der Waals surface area contributed by atoms with Crippen LogP contribution in [0.15, 0.2) is 42.6 Å². The number of rotatable bonds is 6. The lowest BCUT2D eigenvalue weighted by Gasteiger charge is -2.27. The monoisotopic (exact) mass is 529 g/mol. The number of thiazole rings is 1. The van der Waals surface area contributed by atoms with Gasteiger partial charge in [0, 0.05) is 12.6 Å². The maximum atomic E-state index is 14.6. The second kappa shape index (κ2) is 9.60. The minimum Gasteiger partial charge on any atom is -0.496 e. The molecule has 0 radical (unpaired) electrons. The van der Waals surface area contributed by atoms with E-state index >= 15 is 0 Å². The van der Waals surface area contributed by atoms with Gasteiger partial charge in [-0.25, -0.2) is 28.1 Å². The number of alkyl halides is 2. The number of nitrogens with zero attached hydrogens (tertiary/aromatic N) is 4. The first-order chi connectivity index (χ1) is 17.7. The molecule has 5 rings (SSSR count). The van der Waals surface area contributed by atoms with Crippen molar-refractivity contribution in [2.75, 3.05) is 30.5 Å². The number of carbonyl (C=O) groups is 1. The van der Waals surface area contributed by atoms with E-state index in [1.54, 1.807) is 25.1 Å². The Labute approximate surface area is 213 Å². The van der Waals surface area contributed by atoms with Gasteiger partial charge in [-0.3, -0.25) is 4.79 Å². The van der Waals surface area contributed by atoms with Crippen LogP contribution in [0.25, 0.3) is 21.6 Å². The van der Waals surface area contributed by atoms with Gasteiger partial charge in [0.15, 0.2) is 5.82 Å². The van der Waals surface area contributed by atoms with E-state index in [2.05, 4.69) is 20.3 Å². The number of ether oxygens (including phenoxy) is 1. The number of hydrogen-bond acceptors (Lipinski definition) is 8. The zero-order chi connectivity index (χ0) is 26.3. The van der Waals surface area contributed by atoms with Crippen molar-refractivity contribution in [1.29, 1.82) is 0 Å². The smallest absolute Gasteiger partial charge is 0.274 e. The van der Waals surface area contributed by atoms with E-state index in [-0.39, 0.29) is 28.5 Å². The van der Waals surface area contributed by atoms with E-state index in [9.17, 15) is 23.1 Å². The fourth-order valence-electron chi connectivity index (χ4n) is 4.49. The van der Waals surface area contributed by atoms with Crippen LogP contribution in [-0.4, -0.2) is 58.2 Å². The van der Waals surface area contributed by atoms with Crippen molar-refractivity contribution >= 4 is 38.8 Å². The second-order valence-corrected chi connectivity index (χ2v) is 9.84. The summed E-state index contributed by atoms with van der Waals surface area (Å²) in [5, 5.41) is 13.3. The molecule has 8 nitrogen and oxygen atoms in total. The molecular weight excluding hydrogens is 507 g/mol. The third-order valence-corrected chi connectivity index (χ3v) is 7.01. The molecule has 0 aliphatic carbocycles. The van der Waals surface area contributed by atoms with Gasteiger partial charge in [0.2, 0.25) is 0 Å². The average molecular weight is 530 g/mol. The van der Waals surface area contributed by atoms with E-state index in [4.69, 9.17) is 4.74 Å². The number of hydrogen-bond donors (Lipinski definition) is 2. The van der Waals surface area contributed by atoms with Gasteiger partial charge in [-0.1, -0.05) is 6.07 Å². The number of aliphatic hydroxyl groups is 1. The summed E-state index contributed by atoms with van der Waals surface area (Å²) in [7, 11) is 1.38. The van der Waals surface area contributed by atoms with Crippen molar-refractivity contribution in [3.05, 3.63) is 59.1 Å². The van der Waals surface area contributed by atoms with E-state index in [0.29, 0.717) is 11.2 Å². The molecule has 1 aliphatic heterocycles. The normalized spacial score (nSPS) is 16.8. The number of methoxy groups -OCH3 is 1. The van der Waals surface area contributed by atoms with Crippen molar-refractivity contribution in [3.63, 3.8) is 0 Å². The Morgan fingerprint density at radius 1 is 1.27 bits per heavy atom. The first-order valence-corrected chi connectivity index (χ1v) is 12.1. The summed E-state index contributed by atoms with van der Waals surface area (Å²) in [6.07, 6.45) is 0.802. The molecule has 37 heavy (non-hydrogen) atoms. The zero-order valence-corrected chi connectivity index (χ0v) is 20.7. The van der Waals surface area contributed by atoms with E-state index in [1.165, 1.54) is 47.7 Å². The predicted molar refractivity (Wildman–Crippen MR) is 134 cm³/mol. The molecule has 3 heterocycles. The number of benzene rings is 2. The Bertz CT molecular complexity index is 1500. The first kappa shape index (κ1) is 24.9. The quantitative estimate of drug-likeness (QED) is 0.375. The van der Waals surface area contributed by atoms with Gasteiger partial charge < -0.3 is 20.1 Å². The molecule has 1 saturated heterocycles. The van der Waals surface area contributed by atoms with Crippen LogP contribution in [0, 0.1) is 12.7 Å². The molecule has 0 saturated carbocycles. The van der Waals surface area contributed by atoms with Crippen LogP contribution in [0.3, 0.4) is 0 Å². The lowest BCUT2D eigenvalue weighted by atomic mass is 10.1. The molecule has 2 N–H and O–H groups in total. The molecular formula is C25H22F3N5O3S. The Morgan fingerprint density at radius 2 is 2.08 bits per heavy atom. The molecule has 1 fully saturated rings. The average Bonchev–Trinajstić information content (AvgIpc) is 3.41. The summed E-state index contributed by atoms with van der Waals surface area (Å²) in [5.74, 6) is -4.13. The highest BCUT2D eigenvalue weighted by atomic mass is 32.1. The third kappa shape index (κ3) is 4.69. The van der Waals surface area contributed by atoms with Gasteiger partial charge in [-0.15, -0.1) is 11.3 Å². The molecule has 12 heteroatoms. The highest BCUT2D eigenvalue weighted by molar-refractivity contribution is 7.18. The van der Waals surface area contributed by atoms with E-state index < -0.39 is 43.3 Å². The van der Waals surface area contributed by atoms with E-state index in [0.717, 1.165) is 9.71 Å². The van der Waals surface area contributed by atoms with Gasteiger partial charge in [-0.2, -0.15) is 0 Å². The molecule has 4 aromatic rings. The summed E-state index contributed by atoms with van der Waals surface area (Å²) in [6.45, 7) is 0.692. The van der Waals surface area contributed by atoms with Gasteiger partial charge >= 0.3 is 0 Å². The largest absolute Gasteiger partial charge is 0.496 e. The summed E-state index contributed by atoms with van der Waals surface area (Å²) >= 11 is 1.39. The third-order valence-electron chi connectivity index (χ3n) is 6.07. The molecule has 0 bridgehead atoms. The Morgan fingerprint density at radius 3 is 2.84 bits per heavy atom. The fourth-order valence-corrected chi connectivity index (χ4v) is 5.32. The van der Waals surface area contributed by atoms with Crippen LogP contribution < -0.4 is 15.0 Å². The van der Waals surface area contributed by atoms with Crippen molar-refractivity contribution in [1.82, 2.24) is 15.0 Å². The van der Waals surface area contributed by atoms with Crippen LogP contribution in [0.5, 0.6) is 5.75 Å². The number of nitrogens with one attached hydrogen (secondary N) is 1. The standard InChI is InChI=1S/C25H22F3N5O3S/c1-13-30-21-19(37-13)7-6-16(22(21)33-12-25(27,28)10-14(33)11-34)32-24(35)17-8-9-29-23(31-17)20-15(26)4-3-5-18(20)36-2/h3-9,14,34H,10-12H2,1-2H3,(H,32,35)/t14-/m0/s1. The molecule has 0 spiro atoms. The number of anilines is 2. The Kier molecular flexibility index (Phi) is 6.46. The number of aliphatic hydroxyl groups excluding tert-OH is 1. The maximum absolute atomic E-state index is 14.6. The van der Waals surface area contributed by atoms with Gasteiger partial charge in [0.1, 0.15) is 22.8 Å². The van der Waals surface area contributed by atoms with Crippen molar-refractivity contribution in [3.8, 4) is 17.1 Å². The lowest BCUT2D eigenvalue weighted by molar-refractivity contribution is 0.0201. The van der Waals surface area contributed by atoms with Crippen LogP contribution in [-0.2, 0) is 0 Å².